The molecule has 1 atom stereocenters. The first-order valence-electron chi connectivity index (χ1n) is 11.7. The molecule has 6 aliphatic rings. The van der Waals surface area contributed by atoms with Crippen molar-refractivity contribution in [3.8, 4) is 0 Å². The number of nitrogens with zero attached hydrogens (tertiary/aromatic N) is 2. The Bertz CT molecular complexity index is 791. The fourth-order valence-electron chi connectivity index (χ4n) is 7.29. The first-order valence-corrected chi connectivity index (χ1v) is 11.7. The molecule has 6 fully saturated rings. The van der Waals surface area contributed by atoms with Gasteiger partial charge in [-0.1, -0.05) is 0 Å². The molecule has 1 saturated heterocycles. The summed E-state index contributed by atoms with van der Waals surface area (Å²) in [5, 5.41) is 3.02. The van der Waals surface area contributed by atoms with Crippen molar-refractivity contribution in [3.05, 3.63) is 11.9 Å². The summed E-state index contributed by atoms with van der Waals surface area (Å²) in [6.45, 7) is 1.36. The van der Waals surface area contributed by atoms with Crippen molar-refractivity contribution in [2.75, 3.05) is 18.4 Å². The number of aromatic amines is 1. The third-order valence-electron chi connectivity index (χ3n) is 8.46. The summed E-state index contributed by atoms with van der Waals surface area (Å²) in [5.74, 6) is 3.62. The highest BCUT2D eigenvalue weighted by Crippen LogP contribution is 2.60. The van der Waals surface area contributed by atoms with Gasteiger partial charge >= 0.3 is 0 Å². The summed E-state index contributed by atoms with van der Waals surface area (Å²) >= 11 is 0. The third-order valence-corrected chi connectivity index (χ3v) is 8.46. The standard InChI is InChI=1S/C23H32N4O2/c28-20(18-2-1-5-27(13-18)21(29)17-3-4-17)26-22-24-12-19(25-22)23-9-14-6-15(10-23)8-16(7-14)11-23/h12,14-18H,1-11,13H2,(H2,24,25,26,28)/t14?,15?,16?,18-,23?/m1/s1. The van der Waals surface area contributed by atoms with E-state index in [0.29, 0.717) is 12.5 Å². The molecule has 5 aliphatic carbocycles. The van der Waals surface area contributed by atoms with E-state index >= 15 is 0 Å². The number of carbonyl (C=O) groups is 2. The quantitative estimate of drug-likeness (QED) is 0.818. The lowest BCUT2D eigenvalue weighted by Gasteiger charge is -2.56. The van der Waals surface area contributed by atoms with Crippen molar-refractivity contribution in [1.82, 2.24) is 14.9 Å². The molecule has 5 saturated carbocycles. The van der Waals surface area contributed by atoms with Crippen LogP contribution in [0.3, 0.4) is 0 Å². The second kappa shape index (κ2) is 6.58. The van der Waals surface area contributed by atoms with Crippen molar-refractivity contribution >= 4 is 17.8 Å². The molecule has 0 spiro atoms. The number of anilines is 1. The molecule has 2 heterocycles. The fourth-order valence-corrected chi connectivity index (χ4v) is 7.29. The van der Waals surface area contributed by atoms with E-state index in [1.54, 1.807) is 0 Å². The molecule has 4 bridgehead atoms. The lowest BCUT2D eigenvalue weighted by atomic mass is 9.49. The van der Waals surface area contributed by atoms with Gasteiger partial charge in [0.1, 0.15) is 0 Å². The van der Waals surface area contributed by atoms with E-state index < -0.39 is 0 Å². The van der Waals surface area contributed by atoms with Crippen LogP contribution in [0.2, 0.25) is 0 Å². The summed E-state index contributed by atoms with van der Waals surface area (Å²) in [7, 11) is 0. The Kier molecular flexibility index (Phi) is 4.07. The number of rotatable bonds is 4. The highest BCUT2D eigenvalue weighted by molar-refractivity contribution is 5.92. The van der Waals surface area contributed by atoms with Crippen molar-refractivity contribution in [1.29, 1.82) is 0 Å². The van der Waals surface area contributed by atoms with Gasteiger partial charge in [0.25, 0.3) is 0 Å². The molecule has 0 radical (unpaired) electrons. The predicted octanol–water partition coefficient (Wildman–Crippen LogP) is 3.46. The Labute approximate surface area is 172 Å². The summed E-state index contributed by atoms with van der Waals surface area (Å²) < 4.78 is 0. The maximum Gasteiger partial charge on any atom is 0.231 e. The molecule has 29 heavy (non-hydrogen) atoms. The van der Waals surface area contributed by atoms with Gasteiger partial charge < -0.3 is 9.88 Å². The second-order valence-electron chi connectivity index (χ2n) is 10.7. The minimum absolute atomic E-state index is 0.00436. The van der Waals surface area contributed by atoms with Crippen LogP contribution in [0.1, 0.15) is 69.9 Å². The maximum atomic E-state index is 12.9. The zero-order chi connectivity index (χ0) is 19.6. The van der Waals surface area contributed by atoms with Crippen molar-refractivity contribution < 1.29 is 9.59 Å². The molecule has 6 nitrogen and oxygen atoms in total. The molecule has 0 unspecified atom stereocenters. The normalized spacial score (nSPS) is 38.3. The summed E-state index contributed by atoms with van der Waals surface area (Å²) in [5.41, 5.74) is 1.50. The fraction of sp³-hybridized carbons (Fsp3) is 0.783. The highest BCUT2D eigenvalue weighted by Gasteiger charge is 2.52. The van der Waals surface area contributed by atoms with E-state index in [1.165, 1.54) is 44.2 Å². The molecular formula is C23H32N4O2. The number of nitrogens with one attached hydrogen (secondary N) is 2. The minimum atomic E-state index is -0.125. The minimum Gasteiger partial charge on any atom is -0.342 e. The number of amides is 2. The van der Waals surface area contributed by atoms with Gasteiger partial charge in [0.05, 0.1) is 12.1 Å². The summed E-state index contributed by atoms with van der Waals surface area (Å²) in [4.78, 5) is 35.2. The highest BCUT2D eigenvalue weighted by atomic mass is 16.2. The number of H-pyrrole nitrogens is 1. The number of hydrogen-bond acceptors (Lipinski definition) is 3. The SMILES string of the molecule is O=C(Nc1ncc(C23CC4CC(CC(C4)C2)C3)[nH]1)[C@@H]1CCCN(C(=O)C2CC2)C1. The van der Waals surface area contributed by atoms with Gasteiger partial charge in [0, 0.05) is 30.1 Å². The number of piperidine rings is 1. The van der Waals surface area contributed by atoms with E-state index in [0.717, 1.165) is 50.0 Å². The lowest BCUT2D eigenvalue weighted by molar-refractivity contribution is -0.135. The molecule has 1 aliphatic heterocycles. The monoisotopic (exact) mass is 396 g/mol. The van der Waals surface area contributed by atoms with E-state index in [-0.39, 0.29) is 29.1 Å². The van der Waals surface area contributed by atoms with E-state index in [2.05, 4.69) is 15.3 Å². The summed E-state index contributed by atoms with van der Waals surface area (Å²) in [6.07, 6.45) is 13.9. The molecule has 1 aromatic heterocycles. The van der Waals surface area contributed by atoms with Gasteiger partial charge in [0.15, 0.2) is 0 Å². The largest absolute Gasteiger partial charge is 0.342 e. The van der Waals surface area contributed by atoms with Gasteiger partial charge in [0.2, 0.25) is 17.8 Å². The Morgan fingerprint density at radius 3 is 2.38 bits per heavy atom. The van der Waals surface area contributed by atoms with Crippen LogP contribution in [0.15, 0.2) is 6.20 Å². The van der Waals surface area contributed by atoms with Crippen LogP contribution in [0.25, 0.3) is 0 Å². The van der Waals surface area contributed by atoms with Crippen LogP contribution >= 0.6 is 0 Å². The van der Waals surface area contributed by atoms with Gasteiger partial charge in [-0.05, 0) is 82.0 Å². The first kappa shape index (κ1) is 18.0. The van der Waals surface area contributed by atoms with Crippen LogP contribution in [0.4, 0.5) is 5.95 Å². The second-order valence-corrected chi connectivity index (χ2v) is 10.7. The topological polar surface area (TPSA) is 78.1 Å². The first-order chi connectivity index (χ1) is 14.1. The number of aromatic nitrogens is 2. The molecule has 1 aromatic rings. The van der Waals surface area contributed by atoms with Crippen LogP contribution in [-0.4, -0.2) is 39.8 Å². The van der Waals surface area contributed by atoms with Crippen molar-refractivity contribution in [2.24, 2.45) is 29.6 Å². The van der Waals surface area contributed by atoms with Crippen LogP contribution in [0, 0.1) is 29.6 Å². The van der Waals surface area contributed by atoms with Crippen molar-refractivity contribution in [3.63, 3.8) is 0 Å². The van der Waals surface area contributed by atoms with Crippen LogP contribution < -0.4 is 5.32 Å². The molecular weight excluding hydrogens is 364 g/mol. The molecule has 2 N–H and O–H groups in total. The third kappa shape index (κ3) is 3.19. The predicted molar refractivity (Wildman–Crippen MR) is 109 cm³/mol. The molecule has 156 valence electrons. The molecule has 2 amide bonds. The average molecular weight is 397 g/mol. The average Bonchev–Trinajstić information content (AvgIpc) is 3.45. The molecule has 7 rings (SSSR count). The number of likely N-dealkylation sites (tertiary alicyclic amines) is 1. The van der Waals surface area contributed by atoms with Crippen LogP contribution in [0.5, 0.6) is 0 Å². The maximum absolute atomic E-state index is 12.9. The summed E-state index contributed by atoms with van der Waals surface area (Å²) in [6, 6.07) is 0. The van der Waals surface area contributed by atoms with E-state index in [1.807, 2.05) is 11.1 Å². The molecule has 6 heteroatoms. The lowest BCUT2D eigenvalue weighted by Crippen LogP contribution is -2.48. The number of hydrogen-bond donors (Lipinski definition) is 2. The van der Waals surface area contributed by atoms with Gasteiger partial charge in [-0.2, -0.15) is 0 Å². The van der Waals surface area contributed by atoms with Gasteiger partial charge in [-0.3, -0.25) is 14.9 Å². The Balaban J connectivity index is 1.12. The van der Waals surface area contributed by atoms with Crippen molar-refractivity contribution in [2.45, 2.75) is 69.6 Å². The zero-order valence-electron chi connectivity index (χ0n) is 17.2. The smallest absolute Gasteiger partial charge is 0.231 e. The Hall–Kier alpha value is -1.85. The van der Waals surface area contributed by atoms with E-state index in [9.17, 15) is 9.59 Å². The zero-order valence-corrected chi connectivity index (χ0v) is 17.2. The van der Waals surface area contributed by atoms with Gasteiger partial charge in [-0.25, -0.2) is 4.98 Å². The number of carbonyl (C=O) groups excluding carboxylic acids is 2. The van der Waals surface area contributed by atoms with Gasteiger partial charge in [-0.15, -0.1) is 0 Å². The number of imidazole rings is 1. The molecule has 0 aromatic carbocycles. The van der Waals surface area contributed by atoms with E-state index in [4.69, 9.17) is 0 Å². The Morgan fingerprint density at radius 1 is 1.03 bits per heavy atom. The Morgan fingerprint density at radius 2 is 1.72 bits per heavy atom. The van der Waals surface area contributed by atoms with Crippen LogP contribution in [-0.2, 0) is 15.0 Å².